The van der Waals surface area contributed by atoms with Gasteiger partial charge in [-0.05, 0) is 24.1 Å². The maximum Gasteiger partial charge on any atom is 0.326 e. The number of benzene rings is 2. The molecule has 2 amide bonds. The maximum atomic E-state index is 12.6. The lowest BCUT2D eigenvalue weighted by Crippen LogP contribution is -2.55. The molecule has 2 aromatic rings. The average molecular weight is 395 g/mol. The molecule has 7 nitrogen and oxygen atoms in total. The van der Waals surface area contributed by atoms with E-state index in [1.165, 1.54) is 9.80 Å². The summed E-state index contributed by atoms with van der Waals surface area (Å²) in [6.45, 7) is 1.33. The molecule has 0 spiro atoms. The number of piperazine rings is 1. The van der Waals surface area contributed by atoms with Crippen LogP contribution in [-0.2, 0) is 19.1 Å². The second kappa shape index (κ2) is 9.84. The Morgan fingerprint density at radius 2 is 1.41 bits per heavy atom. The maximum absolute atomic E-state index is 12.6. The molecule has 0 unspecified atom stereocenters. The Bertz CT molecular complexity index is 802. The number of hydrogen-bond acceptors (Lipinski definition) is 5. The van der Waals surface area contributed by atoms with Crippen LogP contribution in [0.15, 0.2) is 60.7 Å². The van der Waals surface area contributed by atoms with Crippen molar-refractivity contribution in [3.63, 3.8) is 0 Å². The summed E-state index contributed by atoms with van der Waals surface area (Å²) in [7, 11) is 0. The molecule has 0 atom stereocenters. The fourth-order valence-electron chi connectivity index (χ4n) is 3.27. The molecule has 152 valence electrons. The lowest BCUT2D eigenvalue weighted by atomic mass is 10.0. The zero-order valence-electron chi connectivity index (χ0n) is 16.2. The van der Waals surface area contributed by atoms with Gasteiger partial charge in [0.05, 0.1) is 0 Å². The number of nitrogens with zero attached hydrogens (tertiary/aromatic N) is 2. The number of ether oxygens (including phenoxy) is 1. The third-order valence-corrected chi connectivity index (χ3v) is 4.80. The van der Waals surface area contributed by atoms with E-state index in [0.717, 1.165) is 11.1 Å². The number of nitrogens with two attached hydrogens (primary N) is 1. The summed E-state index contributed by atoms with van der Waals surface area (Å²) in [6, 6.07) is 18.8. The highest BCUT2D eigenvalue weighted by molar-refractivity contribution is 6.35. The molecule has 3 rings (SSSR count). The molecule has 2 N–H and O–H groups in total. The van der Waals surface area contributed by atoms with Crippen molar-refractivity contribution in [1.29, 1.82) is 0 Å². The van der Waals surface area contributed by atoms with Crippen LogP contribution in [0.2, 0.25) is 0 Å². The lowest BCUT2D eigenvalue weighted by molar-refractivity contribution is -0.161. The number of esters is 1. The van der Waals surface area contributed by atoms with Gasteiger partial charge in [-0.1, -0.05) is 60.7 Å². The van der Waals surface area contributed by atoms with Gasteiger partial charge in [-0.15, -0.1) is 0 Å². The van der Waals surface area contributed by atoms with Crippen molar-refractivity contribution in [3.8, 4) is 0 Å². The van der Waals surface area contributed by atoms with E-state index in [2.05, 4.69) is 0 Å². The minimum Gasteiger partial charge on any atom is -0.451 e. The molecule has 1 saturated heterocycles. The summed E-state index contributed by atoms with van der Waals surface area (Å²) in [4.78, 5) is 39.9. The van der Waals surface area contributed by atoms with E-state index in [9.17, 15) is 14.4 Å². The van der Waals surface area contributed by atoms with Crippen LogP contribution >= 0.6 is 0 Å². The van der Waals surface area contributed by atoms with Gasteiger partial charge in [0.25, 0.3) is 0 Å². The highest BCUT2D eigenvalue weighted by Crippen LogP contribution is 2.26. The summed E-state index contributed by atoms with van der Waals surface area (Å²) in [5.74, 6) is -1.83. The van der Waals surface area contributed by atoms with Crippen LogP contribution in [0.25, 0.3) is 0 Å². The minimum absolute atomic E-state index is 0.258. The smallest absolute Gasteiger partial charge is 0.326 e. The van der Waals surface area contributed by atoms with Gasteiger partial charge in [-0.25, -0.2) is 0 Å². The van der Waals surface area contributed by atoms with E-state index >= 15 is 0 Å². The Balaban J connectivity index is 1.67. The lowest BCUT2D eigenvalue weighted by Gasteiger charge is -2.33. The Hall–Kier alpha value is -3.19. The van der Waals surface area contributed by atoms with Crippen LogP contribution in [0.4, 0.5) is 0 Å². The zero-order valence-corrected chi connectivity index (χ0v) is 16.2. The molecule has 1 aliphatic rings. The third kappa shape index (κ3) is 5.20. The first kappa shape index (κ1) is 20.5. The summed E-state index contributed by atoms with van der Waals surface area (Å²) >= 11 is 0. The van der Waals surface area contributed by atoms with Gasteiger partial charge in [0.1, 0.15) is 6.54 Å². The zero-order chi connectivity index (χ0) is 20.6. The fraction of sp³-hybridized carbons (Fsp3) is 0.318. The molecule has 2 aromatic carbocycles. The minimum atomic E-state index is -0.679. The molecule has 0 radical (unpaired) electrons. The first-order valence-corrected chi connectivity index (χ1v) is 9.67. The molecule has 7 heteroatoms. The van der Waals surface area contributed by atoms with E-state index in [4.69, 9.17) is 10.5 Å². The van der Waals surface area contributed by atoms with Gasteiger partial charge in [0, 0.05) is 19.6 Å². The molecule has 1 fully saturated rings. The third-order valence-electron chi connectivity index (χ3n) is 4.80. The fourth-order valence-corrected chi connectivity index (χ4v) is 3.27. The van der Waals surface area contributed by atoms with Crippen molar-refractivity contribution in [1.82, 2.24) is 9.80 Å². The van der Waals surface area contributed by atoms with Crippen molar-refractivity contribution in [3.05, 3.63) is 71.8 Å². The van der Waals surface area contributed by atoms with Crippen LogP contribution in [0.1, 0.15) is 23.7 Å². The molecule has 0 saturated carbocycles. The molecular weight excluding hydrogens is 370 g/mol. The summed E-state index contributed by atoms with van der Waals surface area (Å²) in [5, 5.41) is 0. The van der Waals surface area contributed by atoms with Crippen molar-refractivity contribution >= 4 is 17.8 Å². The summed E-state index contributed by atoms with van der Waals surface area (Å²) in [5.41, 5.74) is 7.14. The Labute approximate surface area is 170 Å². The average Bonchev–Trinajstić information content (AvgIpc) is 2.76. The standard InChI is InChI=1S/C22H25N3O4/c23-12-7-13-24-14-15-25(22(28)21(24)27)16-19(26)29-20(17-8-3-1-4-9-17)18-10-5-2-6-11-18/h1-6,8-11,20H,7,12-16,23H2. The molecule has 1 aliphatic heterocycles. The van der Waals surface area contributed by atoms with Crippen LogP contribution < -0.4 is 5.73 Å². The van der Waals surface area contributed by atoms with E-state index in [-0.39, 0.29) is 6.54 Å². The van der Waals surface area contributed by atoms with Crippen molar-refractivity contribution in [2.24, 2.45) is 5.73 Å². The highest BCUT2D eigenvalue weighted by atomic mass is 16.5. The second-order valence-corrected chi connectivity index (χ2v) is 6.85. The van der Waals surface area contributed by atoms with Gasteiger partial charge in [-0.3, -0.25) is 14.4 Å². The monoisotopic (exact) mass is 395 g/mol. The van der Waals surface area contributed by atoms with E-state index in [1.807, 2.05) is 60.7 Å². The van der Waals surface area contributed by atoms with Crippen molar-refractivity contribution in [2.75, 3.05) is 32.7 Å². The Morgan fingerprint density at radius 3 is 1.97 bits per heavy atom. The second-order valence-electron chi connectivity index (χ2n) is 6.85. The summed E-state index contributed by atoms with van der Waals surface area (Å²) < 4.78 is 5.73. The molecule has 0 bridgehead atoms. The van der Waals surface area contributed by atoms with Gasteiger partial charge in [0.2, 0.25) is 0 Å². The predicted molar refractivity (Wildman–Crippen MR) is 108 cm³/mol. The van der Waals surface area contributed by atoms with Gasteiger partial charge in [0.15, 0.2) is 6.10 Å². The number of rotatable bonds is 8. The highest BCUT2D eigenvalue weighted by Gasteiger charge is 2.34. The number of carbonyl (C=O) groups is 3. The largest absolute Gasteiger partial charge is 0.451 e. The van der Waals surface area contributed by atoms with E-state index < -0.39 is 23.9 Å². The first-order chi connectivity index (χ1) is 14.1. The molecule has 0 aliphatic carbocycles. The molecular formula is C22H25N3O4. The van der Waals surface area contributed by atoms with Gasteiger partial charge >= 0.3 is 17.8 Å². The van der Waals surface area contributed by atoms with Crippen LogP contribution in [0.5, 0.6) is 0 Å². The normalized spacial score (nSPS) is 14.4. The number of hydrogen-bond donors (Lipinski definition) is 1. The van der Waals surface area contributed by atoms with E-state index in [1.54, 1.807) is 0 Å². The van der Waals surface area contributed by atoms with Crippen LogP contribution in [-0.4, -0.2) is 60.3 Å². The van der Waals surface area contributed by atoms with Crippen LogP contribution in [0, 0.1) is 0 Å². The predicted octanol–water partition coefficient (Wildman–Crippen LogP) is 1.34. The Morgan fingerprint density at radius 1 is 0.897 bits per heavy atom. The number of carbonyl (C=O) groups excluding carboxylic acids is 3. The van der Waals surface area contributed by atoms with Crippen molar-refractivity contribution in [2.45, 2.75) is 12.5 Å². The molecule has 1 heterocycles. The number of amides is 2. The Kier molecular flexibility index (Phi) is 6.97. The molecule has 29 heavy (non-hydrogen) atoms. The van der Waals surface area contributed by atoms with Gasteiger partial charge in [-0.2, -0.15) is 0 Å². The molecule has 0 aromatic heterocycles. The first-order valence-electron chi connectivity index (χ1n) is 9.67. The topological polar surface area (TPSA) is 92.9 Å². The quantitative estimate of drug-likeness (QED) is 0.538. The summed E-state index contributed by atoms with van der Waals surface area (Å²) in [6.07, 6.45) is 0.0539. The van der Waals surface area contributed by atoms with Crippen LogP contribution in [0.3, 0.4) is 0 Å². The van der Waals surface area contributed by atoms with Gasteiger partial charge < -0.3 is 20.3 Å². The van der Waals surface area contributed by atoms with Crippen molar-refractivity contribution < 1.29 is 19.1 Å². The van der Waals surface area contributed by atoms with E-state index in [0.29, 0.717) is 32.6 Å². The SMILES string of the molecule is NCCCN1CCN(CC(=O)OC(c2ccccc2)c2ccccc2)C(=O)C1=O.